The van der Waals surface area contributed by atoms with Crippen molar-refractivity contribution in [3.05, 3.63) is 23.6 Å². The summed E-state index contributed by atoms with van der Waals surface area (Å²) < 4.78 is 13.0. The lowest BCUT2D eigenvalue weighted by atomic mass is 10.2. The van der Waals surface area contributed by atoms with E-state index in [0.29, 0.717) is 12.6 Å². The Hall–Kier alpha value is -1.69. The van der Waals surface area contributed by atoms with Crippen molar-refractivity contribution in [1.82, 2.24) is 15.2 Å². The van der Waals surface area contributed by atoms with E-state index in [0.717, 1.165) is 25.2 Å². The number of nitrogen functional groups attached to an aromatic ring is 1. The summed E-state index contributed by atoms with van der Waals surface area (Å²) in [4.78, 5) is 17.6. The molecule has 0 aliphatic rings. The molecule has 0 radical (unpaired) electrons. The first-order valence-electron chi connectivity index (χ1n) is 6.35. The van der Waals surface area contributed by atoms with Gasteiger partial charge in [-0.2, -0.15) is 0 Å². The Kier molecular flexibility index (Phi) is 5.69. The molecule has 0 saturated heterocycles. The molecular weight excluding hydrogens is 247 g/mol. The van der Waals surface area contributed by atoms with Crippen molar-refractivity contribution in [1.29, 1.82) is 0 Å². The van der Waals surface area contributed by atoms with Gasteiger partial charge in [-0.3, -0.25) is 4.79 Å². The molecular formula is C13H21FN4O. The van der Waals surface area contributed by atoms with Crippen LogP contribution in [0.25, 0.3) is 0 Å². The predicted octanol–water partition coefficient (Wildman–Crippen LogP) is 1.26. The van der Waals surface area contributed by atoms with E-state index in [4.69, 9.17) is 5.73 Å². The largest absolute Gasteiger partial charge is 0.383 e. The van der Waals surface area contributed by atoms with Crippen LogP contribution in [0, 0.1) is 5.82 Å². The molecule has 1 atom stereocenters. The van der Waals surface area contributed by atoms with Gasteiger partial charge in [0.05, 0.1) is 11.8 Å². The number of amides is 1. The summed E-state index contributed by atoms with van der Waals surface area (Å²) in [5.41, 5.74) is 5.62. The predicted molar refractivity (Wildman–Crippen MR) is 73.3 cm³/mol. The molecule has 19 heavy (non-hydrogen) atoms. The average molecular weight is 268 g/mol. The number of hydrogen-bond donors (Lipinski definition) is 2. The Balaban J connectivity index is 2.50. The molecule has 6 heteroatoms. The molecule has 5 nitrogen and oxygen atoms in total. The lowest BCUT2D eigenvalue weighted by Gasteiger charge is -2.23. The van der Waals surface area contributed by atoms with Crippen LogP contribution in [0.3, 0.4) is 0 Å². The fourth-order valence-electron chi connectivity index (χ4n) is 1.60. The molecule has 1 unspecified atom stereocenters. The van der Waals surface area contributed by atoms with E-state index in [1.165, 1.54) is 0 Å². The highest BCUT2D eigenvalue weighted by Crippen LogP contribution is 2.09. The lowest BCUT2D eigenvalue weighted by molar-refractivity contribution is 0.0947. The van der Waals surface area contributed by atoms with Crippen LogP contribution in [0.2, 0.25) is 0 Å². The van der Waals surface area contributed by atoms with Crippen LogP contribution in [0.4, 0.5) is 10.2 Å². The molecule has 0 bridgehead atoms. The molecule has 0 aromatic carbocycles. The van der Waals surface area contributed by atoms with Gasteiger partial charge in [-0.15, -0.1) is 0 Å². The van der Waals surface area contributed by atoms with Gasteiger partial charge in [0.15, 0.2) is 0 Å². The van der Waals surface area contributed by atoms with Crippen molar-refractivity contribution in [2.75, 3.05) is 25.9 Å². The maximum Gasteiger partial charge on any atom is 0.255 e. The van der Waals surface area contributed by atoms with Crippen molar-refractivity contribution in [2.24, 2.45) is 0 Å². The van der Waals surface area contributed by atoms with Crippen LogP contribution in [0.5, 0.6) is 0 Å². The minimum atomic E-state index is -0.573. The van der Waals surface area contributed by atoms with Crippen molar-refractivity contribution in [3.63, 3.8) is 0 Å². The number of carbonyl (C=O) groups excluding carboxylic acids is 1. The summed E-state index contributed by atoms with van der Waals surface area (Å²) in [7, 11) is 2.00. The second-order valence-electron chi connectivity index (χ2n) is 4.58. The third-order valence-electron chi connectivity index (χ3n) is 3.22. The van der Waals surface area contributed by atoms with Gasteiger partial charge in [0, 0.05) is 19.1 Å². The van der Waals surface area contributed by atoms with Crippen LogP contribution in [0.1, 0.15) is 30.6 Å². The Morgan fingerprint density at radius 2 is 2.32 bits per heavy atom. The van der Waals surface area contributed by atoms with Gasteiger partial charge >= 0.3 is 0 Å². The fraction of sp³-hybridized carbons (Fsp3) is 0.538. The van der Waals surface area contributed by atoms with Crippen LogP contribution < -0.4 is 11.1 Å². The highest BCUT2D eigenvalue weighted by atomic mass is 19.1. The molecule has 0 saturated carbocycles. The van der Waals surface area contributed by atoms with Crippen molar-refractivity contribution in [3.8, 4) is 0 Å². The van der Waals surface area contributed by atoms with Crippen molar-refractivity contribution < 1.29 is 9.18 Å². The summed E-state index contributed by atoms with van der Waals surface area (Å²) in [5, 5.41) is 2.71. The first-order valence-corrected chi connectivity index (χ1v) is 6.35. The molecule has 0 aliphatic carbocycles. The normalized spacial score (nSPS) is 12.5. The van der Waals surface area contributed by atoms with Gasteiger partial charge in [-0.1, -0.05) is 6.92 Å². The Morgan fingerprint density at radius 1 is 1.63 bits per heavy atom. The standard InChI is InChI=1S/C13H21FN4O/c1-4-9(2)18(3)6-5-16-13(19)11-7-10(14)8-17-12(11)15/h7-9H,4-6H2,1-3H3,(H2,15,17)(H,16,19). The Morgan fingerprint density at radius 3 is 2.95 bits per heavy atom. The molecule has 0 spiro atoms. The van der Waals surface area contributed by atoms with Crippen molar-refractivity contribution in [2.45, 2.75) is 26.3 Å². The minimum Gasteiger partial charge on any atom is -0.383 e. The molecule has 1 aromatic rings. The topological polar surface area (TPSA) is 71.2 Å². The van der Waals surface area contributed by atoms with E-state index in [1.54, 1.807) is 0 Å². The number of hydrogen-bond acceptors (Lipinski definition) is 4. The van der Waals surface area contributed by atoms with E-state index in [1.807, 2.05) is 7.05 Å². The van der Waals surface area contributed by atoms with Gasteiger partial charge in [-0.05, 0) is 26.5 Å². The lowest BCUT2D eigenvalue weighted by Crippen LogP contribution is -2.37. The quantitative estimate of drug-likeness (QED) is 0.815. The van der Waals surface area contributed by atoms with E-state index < -0.39 is 11.7 Å². The van der Waals surface area contributed by atoms with Crippen molar-refractivity contribution >= 4 is 11.7 Å². The molecule has 0 aliphatic heterocycles. The van der Waals surface area contributed by atoms with Crippen LogP contribution in [-0.2, 0) is 0 Å². The van der Waals surface area contributed by atoms with E-state index in [2.05, 4.69) is 29.0 Å². The second-order valence-corrected chi connectivity index (χ2v) is 4.58. The first-order chi connectivity index (χ1) is 8.95. The highest BCUT2D eigenvalue weighted by molar-refractivity contribution is 5.98. The zero-order valence-corrected chi connectivity index (χ0v) is 11.6. The van der Waals surface area contributed by atoms with E-state index in [9.17, 15) is 9.18 Å². The number of halogens is 1. The SMILES string of the molecule is CCC(C)N(C)CCNC(=O)c1cc(F)cnc1N. The Bertz CT molecular complexity index is 439. The maximum absolute atomic E-state index is 13.0. The molecule has 1 rings (SSSR count). The third kappa shape index (κ3) is 4.48. The van der Waals surface area contributed by atoms with Crippen LogP contribution in [0.15, 0.2) is 12.3 Å². The van der Waals surface area contributed by atoms with Crippen LogP contribution in [-0.4, -0.2) is 42.0 Å². The summed E-state index contributed by atoms with van der Waals surface area (Å²) in [5.74, 6) is -0.938. The number of rotatable bonds is 6. The van der Waals surface area contributed by atoms with Gasteiger partial charge in [0.25, 0.3) is 5.91 Å². The molecule has 1 amide bonds. The summed E-state index contributed by atoms with van der Waals surface area (Å²) in [6, 6.07) is 1.55. The molecule has 0 fully saturated rings. The average Bonchev–Trinajstić information content (AvgIpc) is 2.40. The number of nitrogens with zero attached hydrogens (tertiary/aromatic N) is 2. The minimum absolute atomic E-state index is 0.0363. The number of anilines is 1. The number of likely N-dealkylation sites (N-methyl/N-ethyl adjacent to an activating group) is 1. The second kappa shape index (κ2) is 7.04. The first kappa shape index (κ1) is 15.4. The Labute approximate surface area is 113 Å². The van der Waals surface area contributed by atoms with Gasteiger partial charge in [-0.25, -0.2) is 9.37 Å². The maximum atomic E-state index is 13.0. The van der Waals surface area contributed by atoms with E-state index >= 15 is 0 Å². The molecule has 3 N–H and O–H groups in total. The van der Waals surface area contributed by atoms with Gasteiger partial charge in [0.1, 0.15) is 11.6 Å². The van der Waals surface area contributed by atoms with Gasteiger partial charge in [0.2, 0.25) is 0 Å². The number of pyridine rings is 1. The smallest absolute Gasteiger partial charge is 0.255 e. The number of nitrogens with one attached hydrogen (secondary N) is 1. The molecule has 1 heterocycles. The van der Waals surface area contributed by atoms with Crippen LogP contribution >= 0.6 is 0 Å². The fourth-order valence-corrected chi connectivity index (χ4v) is 1.60. The number of aromatic nitrogens is 1. The van der Waals surface area contributed by atoms with E-state index in [-0.39, 0.29) is 11.4 Å². The zero-order chi connectivity index (χ0) is 14.4. The third-order valence-corrected chi connectivity index (χ3v) is 3.22. The molecule has 106 valence electrons. The zero-order valence-electron chi connectivity index (χ0n) is 11.6. The molecule has 1 aromatic heterocycles. The summed E-state index contributed by atoms with van der Waals surface area (Å²) >= 11 is 0. The number of nitrogens with two attached hydrogens (primary N) is 1. The summed E-state index contributed by atoms with van der Waals surface area (Å²) in [6.07, 6.45) is 2.04. The van der Waals surface area contributed by atoms with Gasteiger partial charge < -0.3 is 16.0 Å². The monoisotopic (exact) mass is 268 g/mol. The number of carbonyl (C=O) groups is 1. The highest BCUT2D eigenvalue weighted by Gasteiger charge is 2.12. The summed E-state index contributed by atoms with van der Waals surface area (Å²) in [6.45, 7) is 5.44.